The van der Waals surface area contributed by atoms with Crippen LogP contribution in [0.3, 0.4) is 0 Å². The number of sulfonamides is 1. The van der Waals surface area contributed by atoms with E-state index < -0.39 is 19.9 Å². The van der Waals surface area contributed by atoms with Crippen LogP contribution in [0.25, 0.3) is 0 Å². The summed E-state index contributed by atoms with van der Waals surface area (Å²) in [4.78, 5) is 26.7. The van der Waals surface area contributed by atoms with Crippen LogP contribution in [0.2, 0.25) is 0 Å². The first kappa shape index (κ1) is 24.9. The van der Waals surface area contributed by atoms with Crippen molar-refractivity contribution in [3.8, 4) is 0 Å². The number of Topliss-reactive ketones (excluding diaryl/α,β-unsaturated/α-hetero) is 1. The van der Waals surface area contributed by atoms with Gasteiger partial charge in [0.15, 0.2) is 9.84 Å². The third-order valence-electron chi connectivity index (χ3n) is 5.46. The van der Waals surface area contributed by atoms with E-state index in [1.807, 2.05) is 6.92 Å². The molecule has 0 spiro atoms. The van der Waals surface area contributed by atoms with Crippen LogP contribution in [0.1, 0.15) is 48.5 Å². The van der Waals surface area contributed by atoms with Crippen LogP contribution in [-0.4, -0.2) is 47.1 Å². The largest absolute Gasteiger partial charge is 0.308 e. The Hall–Kier alpha value is -2.72. The molecule has 0 fully saturated rings. The van der Waals surface area contributed by atoms with E-state index in [0.717, 1.165) is 24.7 Å². The zero-order valence-corrected chi connectivity index (χ0v) is 20.3. The van der Waals surface area contributed by atoms with E-state index in [1.54, 1.807) is 30.3 Å². The van der Waals surface area contributed by atoms with E-state index >= 15 is 0 Å². The molecule has 0 aromatic heterocycles. The number of fused-ring (bicyclic) bond motifs is 1. The third kappa shape index (κ3) is 6.20. The number of nitrogens with one attached hydrogen (secondary N) is 1. The molecule has 0 aliphatic carbocycles. The zero-order valence-electron chi connectivity index (χ0n) is 18.7. The summed E-state index contributed by atoms with van der Waals surface area (Å²) in [5, 5.41) is 0. The molecule has 1 N–H and O–H groups in total. The number of nitrogens with zero attached hydrogens (tertiary/aromatic N) is 1. The van der Waals surface area contributed by atoms with Gasteiger partial charge in [-0.05, 0) is 48.7 Å². The molecule has 1 aliphatic rings. The Balaban J connectivity index is 1.80. The number of para-hydroxylation sites is 1. The van der Waals surface area contributed by atoms with Crippen molar-refractivity contribution in [3.05, 3.63) is 53.6 Å². The highest BCUT2D eigenvalue weighted by Crippen LogP contribution is 2.33. The van der Waals surface area contributed by atoms with Gasteiger partial charge in [0.2, 0.25) is 10.0 Å². The Bertz CT molecular complexity index is 1270. The summed E-state index contributed by atoms with van der Waals surface area (Å²) in [5.41, 5.74) is 1.70. The lowest BCUT2D eigenvalue weighted by Crippen LogP contribution is -2.30. The van der Waals surface area contributed by atoms with Crippen molar-refractivity contribution in [3.63, 3.8) is 0 Å². The highest BCUT2D eigenvalue weighted by molar-refractivity contribution is 7.92. The predicted octanol–water partition coefficient (Wildman–Crippen LogP) is 3.18. The Morgan fingerprint density at radius 3 is 2.45 bits per heavy atom. The molecule has 0 saturated carbocycles. The van der Waals surface area contributed by atoms with Crippen LogP contribution in [0.4, 0.5) is 11.4 Å². The number of hydrogen-bond acceptors (Lipinski definition) is 6. The summed E-state index contributed by atoms with van der Waals surface area (Å²) in [7, 11) is -7.19. The molecule has 1 amide bonds. The van der Waals surface area contributed by atoms with Gasteiger partial charge in [-0.1, -0.05) is 25.5 Å². The van der Waals surface area contributed by atoms with Gasteiger partial charge in [0.1, 0.15) is 5.78 Å². The molecule has 10 heteroatoms. The van der Waals surface area contributed by atoms with Gasteiger partial charge >= 0.3 is 0 Å². The van der Waals surface area contributed by atoms with Crippen LogP contribution < -0.4 is 9.62 Å². The average Bonchev–Trinajstić information content (AvgIpc) is 3.18. The Labute approximate surface area is 195 Å². The van der Waals surface area contributed by atoms with Crippen molar-refractivity contribution in [1.29, 1.82) is 0 Å². The fourth-order valence-corrected chi connectivity index (χ4v) is 5.66. The van der Waals surface area contributed by atoms with Gasteiger partial charge < -0.3 is 4.90 Å². The lowest BCUT2D eigenvalue weighted by molar-refractivity contribution is -0.118. The second-order valence-electron chi connectivity index (χ2n) is 8.13. The van der Waals surface area contributed by atoms with Crippen LogP contribution in [0.5, 0.6) is 0 Å². The predicted molar refractivity (Wildman–Crippen MR) is 128 cm³/mol. The van der Waals surface area contributed by atoms with Crippen molar-refractivity contribution < 1.29 is 26.4 Å². The lowest BCUT2D eigenvalue weighted by atomic mass is 10.1. The van der Waals surface area contributed by atoms with Crippen LogP contribution in [0, 0.1) is 0 Å². The molecule has 3 rings (SSSR count). The average molecular weight is 493 g/mol. The number of unbranched alkanes of at least 4 members (excludes halogenated alkanes) is 1. The molecule has 2 aromatic rings. The van der Waals surface area contributed by atoms with Gasteiger partial charge in [0.05, 0.1) is 28.2 Å². The number of carbonyl (C=O) groups is 2. The Morgan fingerprint density at radius 2 is 1.76 bits per heavy atom. The fraction of sp³-hybridized carbons (Fsp3) is 0.391. The molecule has 33 heavy (non-hydrogen) atoms. The van der Waals surface area contributed by atoms with Crippen molar-refractivity contribution in [2.45, 2.75) is 43.9 Å². The minimum atomic E-state index is -3.62. The highest BCUT2D eigenvalue weighted by Gasteiger charge is 2.29. The lowest BCUT2D eigenvalue weighted by Gasteiger charge is -2.19. The second kappa shape index (κ2) is 10.0. The molecule has 1 aliphatic heterocycles. The van der Waals surface area contributed by atoms with Gasteiger partial charge in [0.25, 0.3) is 5.91 Å². The van der Waals surface area contributed by atoms with E-state index in [-0.39, 0.29) is 40.0 Å². The highest BCUT2D eigenvalue weighted by atomic mass is 32.2. The number of amides is 1. The van der Waals surface area contributed by atoms with E-state index in [9.17, 15) is 26.4 Å². The first-order chi connectivity index (χ1) is 15.5. The number of benzene rings is 2. The van der Waals surface area contributed by atoms with E-state index in [4.69, 9.17) is 0 Å². The molecule has 2 aromatic carbocycles. The van der Waals surface area contributed by atoms with Gasteiger partial charge in [0, 0.05) is 25.1 Å². The summed E-state index contributed by atoms with van der Waals surface area (Å²) in [6.45, 7) is 2.32. The van der Waals surface area contributed by atoms with Gasteiger partial charge in [-0.3, -0.25) is 14.3 Å². The number of carbonyl (C=O) groups excluding carboxylic acids is 2. The molecular weight excluding hydrogens is 464 g/mol. The molecule has 0 bridgehead atoms. The number of hydrogen-bond donors (Lipinski definition) is 1. The maximum atomic E-state index is 13.2. The molecule has 1 heterocycles. The summed E-state index contributed by atoms with van der Waals surface area (Å²) >= 11 is 0. The fourth-order valence-electron chi connectivity index (χ4n) is 3.75. The molecule has 0 radical (unpaired) electrons. The number of sulfone groups is 1. The Kier molecular flexibility index (Phi) is 7.58. The van der Waals surface area contributed by atoms with Crippen molar-refractivity contribution in [2.24, 2.45) is 0 Å². The molecule has 0 saturated heterocycles. The molecular formula is C23H28N2O6S2. The molecule has 0 unspecified atom stereocenters. The topological polar surface area (TPSA) is 118 Å². The van der Waals surface area contributed by atoms with Gasteiger partial charge in [-0.25, -0.2) is 16.8 Å². The van der Waals surface area contributed by atoms with E-state index in [0.29, 0.717) is 25.1 Å². The normalized spacial score (nSPS) is 13.6. The standard InChI is InChI=1S/C23H28N2O6S2/c1-3-4-7-18(26)13-15-33(30,31)19-10-11-22-17(16-19)12-14-25(22)23(27)20-8-5-6-9-21(20)24-32(2,28)29/h5-6,8-11,16,24H,3-4,7,12-15H2,1-2H3. The van der Waals surface area contributed by atoms with E-state index in [2.05, 4.69) is 4.72 Å². The van der Waals surface area contributed by atoms with Crippen molar-refractivity contribution in [1.82, 2.24) is 0 Å². The van der Waals surface area contributed by atoms with Crippen LogP contribution in [-0.2, 0) is 31.1 Å². The molecule has 8 nitrogen and oxygen atoms in total. The Morgan fingerprint density at radius 1 is 1.03 bits per heavy atom. The van der Waals surface area contributed by atoms with Crippen LogP contribution >= 0.6 is 0 Å². The molecule has 0 atom stereocenters. The van der Waals surface area contributed by atoms with Crippen molar-refractivity contribution >= 4 is 42.9 Å². The van der Waals surface area contributed by atoms with Gasteiger partial charge in [-0.15, -0.1) is 0 Å². The maximum Gasteiger partial charge on any atom is 0.260 e. The summed E-state index contributed by atoms with van der Waals surface area (Å²) in [6, 6.07) is 11.0. The van der Waals surface area contributed by atoms with E-state index in [1.165, 1.54) is 17.0 Å². The number of anilines is 2. The minimum absolute atomic E-state index is 0.00580. The zero-order chi connectivity index (χ0) is 24.2. The van der Waals surface area contributed by atoms with Crippen molar-refractivity contribution in [2.75, 3.05) is 28.2 Å². The molecule has 178 valence electrons. The quantitative estimate of drug-likeness (QED) is 0.544. The number of rotatable bonds is 10. The smallest absolute Gasteiger partial charge is 0.260 e. The summed E-state index contributed by atoms with van der Waals surface area (Å²) in [6.07, 6.45) is 3.51. The third-order valence-corrected chi connectivity index (χ3v) is 7.77. The minimum Gasteiger partial charge on any atom is -0.308 e. The summed E-state index contributed by atoms with van der Waals surface area (Å²) in [5.74, 6) is -0.668. The van der Waals surface area contributed by atoms with Crippen LogP contribution in [0.15, 0.2) is 47.4 Å². The monoisotopic (exact) mass is 492 g/mol. The first-order valence-electron chi connectivity index (χ1n) is 10.8. The maximum absolute atomic E-state index is 13.2. The SMILES string of the molecule is CCCCC(=O)CCS(=O)(=O)c1ccc2c(c1)CCN2C(=O)c1ccccc1NS(C)(=O)=O. The second-order valence-corrected chi connectivity index (χ2v) is 12.0. The number of ketones is 1. The van der Waals surface area contributed by atoms with Gasteiger partial charge in [-0.2, -0.15) is 0 Å². The summed E-state index contributed by atoms with van der Waals surface area (Å²) < 4.78 is 51.1. The first-order valence-corrected chi connectivity index (χ1v) is 14.3.